The molecule has 2 aromatic carbocycles. The van der Waals surface area contributed by atoms with Crippen LogP contribution in [-0.2, 0) is 0 Å². The van der Waals surface area contributed by atoms with Crippen LogP contribution in [0.25, 0.3) is 49.9 Å². The molecule has 3 aromatic heterocycles. The van der Waals surface area contributed by atoms with E-state index in [0.29, 0.717) is 5.56 Å². The molecule has 6 nitrogen and oxygen atoms in total. The van der Waals surface area contributed by atoms with Crippen molar-refractivity contribution in [1.29, 1.82) is 0 Å². The number of aromatic hydroxyl groups is 1. The van der Waals surface area contributed by atoms with Crippen LogP contribution in [0.2, 0.25) is 0 Å². The number of nitrogens with zero attached hydrogens (tertiary/aromatic N) is 2. The minimum absolute atomic E-state index is 0.120. The lowest BCUT2D eigenvalue weighted by molar-refractivity contribution is 0.469. The van der Waals surface area contributed by atoms with Crippen LogP contribution in [0, 0.1) is 5.82 Å². The molecule has 0 unspecified atom stereocenters. The molecule has 1 aliphatic rings. The third kappa shape index (κ3) is 3.14. The Morgan fingerprint density at radius 2 is 1.88 bits per heavy atom. The average Bonchev–Trinajstić information content (AvgIpc) is 3.42. The van der Waals surface area contributed by atoms with Crippen LogP contribution in [0.4, 0.5) is 4.39 Å². The van der Waals surface area contributed by atoms with Crippen molar-refractivity contribution in [3.05, 3.63) is 72.3 Å². The summed E-state index contributed by atoms with van der Waals surface area (Å²) in [5, 5.41) is 22.8. The zero-order chi connectivity index (χ0) is 21.7. The minimum Gasteiger partial charge on any atom is -0.508 e. The number of benzene rings is 2. The molecule has 0 saturated heterocycles. The average molecular weight is 425 g/mol. The maximum Gasteiger partial charge on any atom is 0.127 e. The molecular weight excluding hydrogens is 405 g/mol. The largest absolute Gasteiger partial charge is 0.508 e. The lowest BCUT2D eigenvalue weighted by atomic mass is 9.98. The molecule has 0 radical (unpaired) electrons. The fourth-order valence-electron chi connectivity index (χ4n) is 4.44. The third-order valence-electron chi connectivity index (χ3n) is 5.99. The molecular formula is C25H20FN5O. The summed E-state index contributed by atoms with van der Waals surface area (Å²) in [4.78, 5) is 7.71. The van der Waals surface area contributed by atoms with Crippen LogP contribution in [-0.4, -0.2) is 38.4 Å². The van der Waals surface area contributed by atoms with E-state index in [2.05, 4.69) is 49.8 Å². The van der Waals surface area contributed by atoms with Crippen LogP contribution in [0.15, 0.2) is 60.9 Å². The van der Waals surface area contributed by atoms with E-state index >= 15 is 0 Å². The van der Waals surface area contributed by atoms with E-state index in [0.717, 1.165) is 64.3 Å². The molecule has 0 spiro atoms. The number of aromatic nitrogens is 4. The summed E-state index contributed by atoms with van der Waals surface area (Å²) < 4.78 is 13.9. The summed E-state index contributed by atoms with van der Waals surface area (Å²) in [6.45, 7) is 1.87. The lowest BCUT2D eigenvalue weighted by Gasteiger charge is -2.14. The first kappa shape index (κ1) is 18.8. The second kappa shape index (κ2) is 7.32. The van der Waals surface area contributed by atoms with E-state index in [1.54, 1.807) is 12.4 Å². The summed E-state index contributed by atoms with van der Waals surface area (Å²) in [5.74, 6) is -0.614. The van der Waals surface area contributed by atoms with Gasteiger partial charge in [-0.05, 0) is 60.0 Å². The predicted octanol–water partition coefficient (Wildman–Crippen LogP) is 4.99. The SMILES string of the molecule is Oc1cc(F)cc(-c2cncc3[nH]c(-c4n[nH]c5ccc(C6=CCNCC6)cc45)cc23)c1. The summed E-state index contributed by atoms with van der Waals surface area (Å²) in [6.07, 6.45) is 6.65. The van der Waals surface area contributed by atoms with Crippen LogP contribution >= 0.6 is 0 Å². The molecule has 4 N–H and O–H groups in total. The number of hydrogen-bond donors (Lipinski definition) is 4. The topological polar surface area (TPSA) is 89.6 Å². The first-order valence-corrected chi connectivity index (χ1v) is 10.5. The van der Waals surface area contributed by atoms with Crippen molar-refractivity contribution in [2.24, 2.45) is 0 Å². The van der Waals surface area contributed by atoms with Crippen molar-refractivity contribution in [2.45, 2.75) is 6.42 Å². The van der Waals surface area contributed by atoms with Gasteiger partial charge in [-0.1, -0.05) is 12.1 Å². The van der Waals surface area contributed by atoms with Gasteiger partial charge in [0.15, 0.2) is 0 Å². The first-order chi connectivity index (χ1) is 15.7. The molecule has 158 valence electrons. The Morgan fingerprint density at radius 3 is 2.72 bits per heavy atom. The van der Waals surface area contributed by atoms with E-state index in [-0.39, 0.29) is 5.75 Å². The molecule has 0 aliphatic carbocycles. The minimum atomic E-state index is -0.495. The molecule has 7 heteroatoms. The van der Waals surface area contributed by atoms with Gasteiger partial charge in [0.1, 0.15) is 17.3 Å². The quantitative estimate of drug-likeness (QED) is 0.328. The van der Waals surface area contributed by atoms with Gasteiger partial charge < -0.3 is 15.4 Å². The van der Waals surface area contributed by atoms with E-state index in [1.807, 2.05) is 6.07 Å². The van der Waals surface area contributed by atoms with Crippen molar-refractivity contribution in [3.63, 3.8) is 0 Å². The second-order valence-corrected chi connectivity index (χ2v) is 8.05. The molecule has 6 rings (SSSR count). The number of phenolic OH excluding ortho intramolecular Hbond substituents is 1. The van der Waals surface area contributed by atoms with Gasteiger partial charge in [0.2, 0.25) is 0 Å². The van der Waals surface area contributed by atoms with E-state index in [9.17, 15) is 9.50 Å². The number of aromatic amines is 2. The lowest BCUT2D eigenvalue weighted by Crippen LogP contribution is -2.19. The molecule has 0 saturated carbocycles. The van der Waals surface area contributed by atoms with Crippen molar-refractivity contribution in [2.75, 3.05) is 13.1 Å². The van der Waals surface area contributed by atoms with Crippen LogP contribution in [0.5, 0.6) is 5.75 Å². The van der Waals surface area contributed by atoms with Gasteiger partial charge in [-0.2, -0.15) is 5.10 Å². The Balaban J connectivity index is 1.49. The highest BCUT2D eigenvalue weighted by Crippen LogP contribution is 2.35. The van der Waals surface area contributed by atoms with Crippen LogP contribution in [0.1, 0.15) is 12.0 Å². The Labute approximate surface area is 182 Å². The van der Waals surface area contributed by atoms with Gasteiger partial charge in [0, 0.05) is 35.1 Å². The fourth-order valence-corrected chi connectivity index (χ4v) is 4.44. The van der Waals surface area contributed by atoms with Crippen molar-refractivity contribution in [1.82, 2.24) is 25.5 Å². The molecule has 0 bridgehead atoms. The smallest absolute Gasteiger partial charge is 0.127 e. The van der Waals surface area contributed by atoms with Gasteiger partial charge in [0.25, 0.3) is 0 Å². The Hall–Kier alpha value is -3.97. The number of H-pyrrole nitrogens is 2. The number of rotatable bonds is 3. The van der Waals surface area contributed by atoms with Crippen molar-refractivity contribution in [3.8, 4) is 28.3 Å². The van der Waals surface area contributed by atoms with Crippen molar-refractivity contribution < 1.29 is 9.50 Å². The summed E-state index contributed by atoms with van der Waals surface area (Å²) in [5.41, 5.74) is 7.29. The number of pyridine rings is 1. The standard InChI is InChI=1S/C25H20FN5O/c26-17-7-16(8-18(32)10-17)21-12-28-13-24-19(21)11-23(29-24)25-20-9-15(1-2-22(20)30-31-25)14-3-5-27-6-4-14/h1-3,7-13,27,29,32H,4-6H2,(H,30,31). The maximum atomic E-state index is 13.9. The summed E-state index contributed by atoms with van der Waals surface area (Å²) in [6, 6.07) is 12.4. The van der Waals surface area contributed by atoms with Crippen LogP contribution < -0.4 is 5.32 Å². The maximum absolute atomic E-state index is 13.9. The van der Waals surface area contributed by atoms with E-state index in [4.69, 9.17) is 0 Å². The number of halogens is 1. The van der Waals surface area contributed by atoms with Gasteiger partial charge in [0.05, 0.1) is 22.9 Å². The van der Waals surface area contributed by atoms with Gasteiger partial charge in [-0.25, -0.2) is 4.39 Å². The molecule has 1 aliphatic heterocycles. The van der Waals surface area contributed by atoms with E-state index < -0.39 is 5.82 Å². The first-order valence-electron chi connectivity index (χ1n) is 10.5. The highest BCUT2D eigenvalue weighted by atomic mass is 19.1. The zero-order valence-electron chi connectivity index (χ0n) is 17.1. The zero-order valence-corrected chi connectivity index (χ0v) is 17.1. The normalized spacial score (nSPS) is 14.2. The number of phenols is 1. The Bertz CT molecular complexity index is 1490. The number of hydrogen-bond acceptors (Lipinski definition) is 4. The van der Waals surface area contributed by atoms with Gasteiger partial charge in [-0.3, -0.25) is 10.1 Å². The molecule has 4 heterocycles. The van der Waals surface area contributed by atoms with Gasteiger partial charge >= 0.3 is 0 Å². The van der Waals surface area contributed by atoms with Crippen molar-refractivity contribution >= 4 is 27.4 Å². The fraction of sp³-hybridized carbons (Fsp3) is 0.120. The number of fused-ring (bicyclic) bond motifs is 2. The van der Waals surface area contributed by atoms with Crippen LogP contribution in [0.3, 0.4) is 0 Å². The highest BCUT2D eigenvalue weighted by molar-refractivity contribution is 6.01. The summed E-state index contributed by atoms with van der Waals surface area (Å²) >= 11 is 0. The monoisotopic (exact) mass is 425 g/mol. The van der Waals surface area contributed by atoms with E-state index in [1.165, 1.54) is 23.3 Å². The molecule has 0 atom stereocenters. The molecule has 5 aromatic rings. The molecule has 0 fully saturated rings. The Morgan fingerprint density at radius 1 is 0.938 bits per heavy atom. The Kier molecular flexibility index (Phi) is 4.29. The molecule has 0 amide bonds. The molecule has 32 heavy (non-hydrogen) atoms. The highest BCUT2D eigenvalue weighted by Gasteiger charge is 2.16. The number of nitrogens with one attached hydrogen (secondary N) is 3. The predicted molar refractivity (Wildman–Crippen MR) is 124 cm³/mol. The third-order valence-corrected chi connectivity index (χ3v) is 5.99. The second-order valence-electron chi connectivity index (χ2n) is 8.05. The summed E-state index contributed by atoms with van der Waals surface area (Å²) in [7, 11) is 0. The van der Waals surface area contributed by atoms with Gasteiger partial charge in [-0.15, -0.1) is 0 Å².